The monoisotopic (exact) mass is 703 g/mol. The molecule has 3 aromatic carbocycles. The maximum Gasteiger partial charge on any atom is 0.260 e. The Kier molecular flexibility index (Phi) is 8.67. The van der Waals surface area contributed by atoms with Crippen LogP contribution in [0.25, 0.3) is 0 Å². The molecule has 12 heteroatoms. The van der Waals surface area contributed by atoms with Crippen LogP contribution in [0, 0.1) is 23.7 Å². The van der Waals surface area contributed by atoms with E-state index in [0.29, 0.717) is 39.8 Å². The summed E-state index contributed by atoms with van der Waals surface area (Å²) < 4.78 is 11.5. The van der Waals surface area contributed by atoms with Crippen molar-refractivity contribution in [1.29, 1.82) is 0 Å². The summed E-state index contributed by atoms with van der Waals surface area (Å²) in [5, 5.41) is 11.3. The van der Waals surface area contributed by atoms with Crippen LogP contribution < -0.4 is 14.9 Å². The highest BCUT2D eigenvalue weighted by molar-refractivity contribution is 6.36. The minimum absolute atomic E-state index is 0.00391. The number of methoxy groups -OCH3 is 1. The first-order valence-electron chi connectivity index (χ1n) is 16.3. The third kappa shape index (κ3) is 5.03. The highest BCUT2D eigenvalue weighted by Gasteiger charge is 2.70. The molecule has 4 aliphatic rings. The number of carbonyl (C=O) groups is 4. The lowest BCUT2D eigenvalue weighted by atomic mass is 9.49. The molecule has 49 heavy (non-hydrogen) atoms. The van der Waals surface area contributed by atoms with Crippen molar-refractivity contribution in [2.75, 3.05) is 32.3 Å². The van der Waals surface area contributed by atoms with Gasteiger partial charge in [0.15, 0.2) is 0 Å². The highest BCUT2D eigenvalue weighted by atomic mass is 35.5. The van der Waals surface area contributed by atoms with Crippen molar-refractivity contribution in [1.82, 2.24) is 9.91 Å². The fourth-order valence-corrected chi connectivity index (χ4v) is 9.02. The SMILES string of the molecule is CCN1C(=O)[C@H]2[C@H](CC=C3[C@H]2C[C@H]2C(=O)N(Nc4ccc(Cl)cc4Cl)C(=O)[C@@]2(c2ccc(OC)cc2)[C@H]3c2ccccc2OCCO)C1=O. The number of benzene rings is 3. The van der Waals surface area contributed by atoms with Crippen molar-refractivity contribution >= 4 is 52.5 Å². The average molecular weight is 705 g/mol. The van der Waals surface area contributed by atoms with Crippen LogP contribution in [0.4, 0.5) is 5.69 Å². The van der Waals surface area contributed by atoms with Gasteiger partial charge in [0.2, 0.25) is 11.8 Å². The van der Waals surface area contributed by atoms with E-state index in [9.17, 15) is 19.5 Å². The molecule has 1 saturated carbocycles. The van der Waals surface area contributed by atoms with E-state index in [1.165, 1.54) is 11.0 Å². The normalized spacial score (nSPS) is 27.4. The molecule has 2 aliphatic heterocycles. The van der Waals surface area contributed by atoms with E-state index in [1.54, 1.807) is 62.6 Å². The number of allylic oxidation sites excluding steroid dienone is 2. The highest BCUT2D eigenvalue weighted by Crippen LogP contribution is 2.65. The van der Waals surface area contributed by atoms with Crippen LogP contribution in [0.2, 0.25) is 10.0 Å². The van der Waals surface area contributed by atoms with Crippen molar-refractivity contribution in [3.8, 4) is 11.5 Å². The number of hydrogen-bond donors (Lipinski definition) is 2. The Morgan fingerprint density at radius 3 is 2.41 bits per heavy atom. The Bertz CT molecular complexity index is 1880. The zero-order chi connectivity index (χ0) is 34.6. The molecule has 3 fully saturated rings. The molecule has 7 rings (SSSR count). The second-order valence-corrected chi connectivity index (χ2v) is 13.6. The molecule has 0 aromatic heterocycles. The van der Waals surface area contributed by atoms with Crippen molar-refractivity contribution in [3.05, 3.63) is 99.6 Å². The molecule has 10 nitrogen and oxygen atoms in total. The van der Waals surface area contributed by atoms with Crippen LogP contribution >= 0.6 is 23.2 Å². The van der Waals surface area contributed by atoms with Gasteiger partial charge >= 0.3 is 0 Å². The first kappa shape index (κ1) is 33.1. The zero-order valence-corrected chi connectivity index (χ0v) is 28.4. The summed E-state index contributed by atoms with van der Waals surface area (Å²) in [6.07, 6.45) is 2.47. The predicted molar refractivity (Wildman–Crippen MR) is 182 cm³/mol. The number of hydrogen-bond acceptors (Lipinski definition) is 8. The van der Waals surface area contributed by atoms with Gasteiger partial charge in [-0.1, -0.05) is 65.2 Å². The molecule has 2 aliphatic carbocycles. The van der Waals surface area contributed by atoms with E-state index in [4.69, 9.17) is 32.7 Å². The third-order valence-electron chi connectivity index (χ3n) is 10.6. The van der Waals surface area contributed by atoms with Gasteiger partial charge in [0.05, 0.1) is 47.6 Å². The summed E-state index contributed by atoms with van der Waals surface area (Å²) in [7, 11) is 1.55. The number of hydrazine groups is 1. The zero-order valence-electron chi connectivity index (χ0n) is 26.9. The standard InChI is InChI=1S/C37H35Cl2N3O7/c1-3-41-33(44)25-14-13-23-26(31(25)35(41)46)19-27-34(45)42(40-29-15-10-21(38)18-28(29)39)36(47)37(27,20-8-11-22(48-2)12-9-20)32(23)24-6-4-5-7-30(24)49-17-16-43/h4-13,15,18,25-27,31-32,40,43H,3,14,16-17,19H2,1-2H3/t25-,26+,27-,31-,32+,37+/m0/s1. The van der Waals surface area contributed by atoms with E-state index in [0.717, 1.165) is 10.6 Å². The van der Waals surface area contributed by atoms with E-state index in [2.05, 4.69) is 5.43 Å². The number of likely N-dealkylation sites (tertiary alicyclic amines) is 1. The number of nitrogens with one attached hydrogen (secondary N) is 1. The molecule has 6 atom stereocenters. The molecule has 2 saturated heterocycles. The van der Waals surface area contributed by atoms with Gasteiger partial charge in [0.25, 0.3) is 11.8 Å². The van der Waals surface area contributed by atoms with E-state index in [1.807, 2.05) is 18.2 Å². The summed E-state index contributed by atoms with van der Waals surface area (Å²) in [6.45, 7) is 1.80. The Hall–Kier alpha value is -4.38. The lowest BCUT2D eigenvalue weighted by Crippen LogP contribution is -2.53. The van der Waals surface area contributed by atoms with Crippen LogP contribution in [-0.2, 0) is 24.6 Å². The van der Waals surface area contributed by atoms with Crippen LogP contribution in [0.3, 0.4) is 0 Å². The van der Waals surface area contributed by atoms with Crippen LogP contribution in [0.15, 0.2) is 78.4 Å². The number of aliphatic hydroxyl groups is 1. The molecule has 3 aromatic rings. The van der Waals surface area contributed by atoms with Gasteiger partial charge in [-0.3, -0.25) is 29.5 Å². The second kappa shape index (κ2) is 12.8. The number of nitrogens with zero attached hydrogens (tertiary/aromatic N) is 2. The molecule has 2 N–H and O–H groups in total. The summed E-state index contributed by atoms with van der Waals surface area (Å²) in [5.74, 6) is -3.93. The fourth-order valence-electron chi connectivity index (χ4n) is 8.57. The Labute approximate surface area is 293 Å². The lowest BCUT2D eigenvalue weighted by molar-refractivity contribution is -0.141. The first-order chi connectivity index (χ1) is 23.7. The number of rotatable bonds is 9. The number of aliphatic hydroxyl groups excluding tert-OH is 1. The second-order valence-electron chi connectivity index (χ2n) is 12.7. The molecule has 254 valence electrons. The predicted octanol–water partition coefficient (Wildman–Crippen LogP) is 5.38. The van der Waals surface area contributed by atoms with Crippen LogP contribution in [0.1, 0.15) is 36.8 Å². The number of para-hydroxylation sites is 1. The van der Waals surface area contributed by atoms with Crippen LogP contribution in [-0.4, -0.2) is 65.5 Å². The molecular weight excluding hydrogens is 669 g/mol. The van der Waals surface area contributed by atoms with E-state index >= 15 is 4.79 Å². The number of amides is 4. The molecule has 2 heterocycles. The van der Waals surface area contributed by atoms with Gasteiger partial charge in [-0.05, 0) is 67.6 Å². The molecule has 0 unspecified atom stereocenters. The molecule has 0 radical (unpaired) electrons. The Morgan fingerprint density at radius 1 is 0.959 bits per heavy atom. The van der Waals surface area contributed by atoms with Crippen molar-refractivity contribution < 1.29 is 33.8 Å². The molecular formula is C37H35Cl2N3O7. The minimum Gasteiger partial charge on any atom is -0.497 e. The minimum atomic E-state index is -1.51. The molecule has 0 bridgehead atoms. The first-order valence-corrected chi connectivity index (χ1v) is 17.0. The number of anilines is 1. The van der Waals surface area contributed by atoms with Crippen molar-refractivity contribution in [2.24, 2.45) is 23.7 Å². The number of carbonyl (C=O) groups excluding carboxylic acids is 4. The number of fused-ring (bicyclic) bond motifs is 4. The number of imide groups is 2. The fraction of sp³-hybridized carbons (Fsp3) is 0.351. The van der Waals surface area contributed by atoms with Gasteiger partial charge in [-0.15, -0.1) is 0 Å². The smallest absolute Gasteiger partial charge is 0.260 e. The maximum absolute atomic E-state index is 15.3. The van der Waals surface area contributed by atoms with Gasteiger partial charge < -0.3 is 14.6 Å². The summed E-state index contributed by atoms with van der Waals surface area (Å²) in [6, 6.07) is 19.1. The third-order valence-corrected chi connectivity index (χ3v) is 11.1. The summed E-state index contributed by atoms with van der Waals surface area (Å²) in [4.78, 5) is 58.8. The van der Waals surface area contributed by atoms with Gasteiger partial charge in [0, 0.05) is 23.0 Å². The summed E-state index contributed by atoms with van der Waals surface area (Å²) >= 11 is 12.7. The van der Waals surface area contributed by atoms with Crippen molar-refractivity contribution in [3.63, 3.8) is 0 Å². The quantitative estimate of drug-likeness (QED) is 0.225. The van der Waals surface area contributed by atoms with Gasteiger partial charge in [-0.2, -0.15) is 5.01 Å². The van der Waals surface area contributed by atoms with Gasteiger partial charge in [-0.25, -0.2) is 0 Å². The Morgan fingerprint density at radius 2 is 1.71 bits per heavy atom. The lowest BCUT2D eigenvalue weighted by Gasteiger charge is -2.50. The van der Waals surface area contributed by atoms with Crippen molar-refractivity contribution in [2.45, 2.75) is 31.1 Å². The van der Waals surface area contributed by atoms with E-state index in [-0.39, 0.29) is 43.0 Å². The van der Waals surface area contributed by atoms with Gasteiger partial charge in [0.1, 0.15) is 18.1 Å². The number of halogens is 2. The number of ether oxygens (including phenoxy) is 2. The summed E-state index contributed by atoms with van der Waals surface area (Å²) in [5.41, 5.74) is 3.81. The molecule has 0 spiro atoms. The largest absolute Gasteiger partial charge is 0.497 e. The van der Waals surface area contributed by atoms with Crippen LogP contribution in [0.5, 0.6) is 11.5 Å². The Balaban J connectivity index is 1.48. The van der Waals surface area contributed by atoms with E-state index < -0.39 is 46.8 Å². The topological polar surface area (TPSA) is 125 Å². The molecule has 4 amide bonds. The maximum atomic E-state index is 15.3. The average Bonchev–Trinajstić information content (AvgIpc) is 3.48.